The van der Waals surface area contributed by atoms with Crippen LogP contribution in [0.3, 0.4) is 0 Å². The summed E-state index contributed by atoms with van der Waals surface area (Å²) in [6, 6.07) is 5.45. The van der Waals surface area contributed by atoms with Crippen molar-refractivity contribution in [1.82, 2.24) is 0 Å². The first kappa shape index (κ1) is 22.3. The van der Waals surface area contributed by atoms with Gasteiger partial charge in [0.25, 0.3) is 0 Å². The zero-order chi connectivity index (χ0) is 19.7. The summed E-state index contributed by atoms with van der Waals surface area (Å²) in [5.41, 5.74) is 0.768. The molecule has 0 radical (unpaired) electrons. The zero-order valence-electron chi connectivity index (χ0n) is 16.7. The molecule has 1 aromatic rings. The number of carboxylic acid groups (broad SMARTS) is 1. The number of rotatable bonds is 11. The van der Waals surface area contributed by atoms with Crippen LogP contribution in [0, 0.1) is 5.41 Å². The van der Waals surface area contributed by atoms with Crippen LogP contribution >= 0.6 is 0 Å². The van der Waals surface area contributed by atoms with Crippen molar-refractivity contribution in [3.05, 3.63) is 23.8 Å². The van der Waals surface area contributed by atoms with Gasteiger partial charge in [-0.25, -0.2) is 0 Å². The van der Waals surface area contributed by atoms with E-state index in [1.807, 2.05) is 26.0 Å². The molecule has 1 rings (SSSR count). The Morgan fingerprint density at radius 1 is 1.12 bits per heavy atom. The maximum absolute atomic E-state index is 11.4. The van der Waals surface area contributed by atoms with E-state index in [1.54, 1.807) is 13.2 Å². The van der Waals surface area contributed by atoms with Gasteiger partial charge in [0, 0.05) is 19.1 Å². The molecule has 1 N–H and O–H groups in total. The Morgan fingerprint density at radius 2 is 1.73 bits per heavy atom. The number of aliphatic carboxylic acids is 1. The molecule has 0 spiro atoms. The highest BCUT2D eigenvalue weighted by atomic mass is 16.7. The number of hydrogen-bond donors (Lipinski definition) is 1. The van der Waals surface area contributed by atoms with Crippen LogP contribution in [-0.2, 0) is 14.3 Å². The van der Waals surface area contributed by atoms with Crippen molar-refractivity contribution in [1.29, 1.82) is 0 Å². The standard InChI is InChI=1S/C20H32O6/c1-7-24-19(25-8-2)15(12-18(21)22)14-9-10-16(23-6)17(11-14)26-13-20(3,4)5/h9-11,15,19H,7-8,12-13H2,1-6H3,(H,21,22). The van der Waals surface area contributed by atoms with Crippen LogP contribution in [0.25, 0.3) is 0 Å². The fraction of sp³-hybridized carbons (Fsp3) is 0.650. The van der Waals surface area contributed by atoms with Crippen molar-refractivity contribution in [2.45, 2.75) is 53.2 Å². The van der Waals surface area contributed by atoms with E-state index in [-0.39, 0.29) is 11.8 Å². The topological polar surface area (TPSA) is 74.2 Å². The van der Waals surface area contributed by atoms with Crippen molar-refractivity contribution < 1.29 is 28.8 Å². The SMILES string of the molecule is CCOC(OCC)C(CC(=O)O)c1ccc(OC)c(OCC(C)(C)C)c1. The molecule has 0 fully saturated rings. The summed E-state index contributed by atoms with van der Waals surface area (Å²) >= 11 is 0. The Labute approximate surface area is 156 Å². The van der Waals surface area contributed by atoms with Crippen molar-refractivity contribution in [2.24, 2.45) is 5.41 Å². The van der Waals surface area contributed by atoms with Gasteiger partial charge in [0.05, 0.1) is 20.1 Å². The first-order valence-corrected chi connectivity index (χ1v) is 8.97. The molecule has 0 aliphatic carbocycles. The molecular formula is C20H32O6. The number of methoxy groups -OCH3 is 1. The Hall–Kier alpha value is -1.79. The van der Waals surface area contributed by atoms with E-state index >= 15 is 0 Å². The average molecular weight is 368 g/mol. The normalized spacial score (nSPS) is 12.9. The number of carboxylic acids is 1. The Bertz CT molecular complexity index is 558. The van der Waals surface area contributed by atoms with E-state index in [4.69, 9.17) is 18.9 Å². The average Bonchev–Trinajstić information content (AvgIpc) is 2.56. The first-order valence-electron chi connectivity index (χ1n) is 8.97. The lowest BCUT2D eigenvalue weighted by Gasteiger charge is -2.27. The first-order chi connectivity index (χ1) is 12.2. The van der Waals surface area contributed by atoms with Crippen molar-refractivity contribution in [3.8, 4) is 11.5 Å². The van der Waals surface area contributed by atoms with Crippen molar-refractivity contribution >= 4 is 5.97 Å². The van der Waals surface area contributed by atoms with Gasteiger partial charge in [-0.3, -0.25) is 4.79 Å². The molecule has 0 aromatic heterocycles. The van der Waals surface area contributed by atoms with E-state index in [0.29, 0.717) is 31.3 Å². The minimum Gasteiger partial charge on any atom is -0.493 e. The Kier molecular flexibility index (Phi) is 8.88. The third kappa shape index (κ3) is 7.22. The molecule has 1 atom stereocenters. The molecule has 0 amide bonds. The summed E-state index contributed by atoms with van der Waals surface area (Å²) in [5.74, 6) is -0.166. The second-order valence-electron chi connectivity index (χ2n) is 7.24. The van der Waals surface area contributed by atoms with E-state index in [9.17, 15) is 9.90 Å². The minimum atomic E-state index is -0.910. The van der Waals surface area contributed by atoms with Crippen LogP contribution in [0.1, 0.15) is 52.5 Å². The van der Waals surface area contributed by atoms with E-state index < -0.39 is 18.2 Å². The van der Waals surface area contributed by atoms with Crippen LogP contribution < -0.4 is 9.47 Å². The zero-order valence-corrected chi connectivity index (χ0v) is 16.7. The van der Waals surface area contributed by atoms with Crippen LogP contribution in [0.4, 0.5) is 0 Å². The highest BCUT2D eigenvalue weighted by molar-refractivity contribution is 5.68. The molecule has 26 heavy (non-hydrogen) atoms. The third-order valence-electron chi connectivity index (χ3n) is 3.66. The predicted molar refractivity (Wildman–Crippen MR) is 100.0 cm³/mol. The Balaban J connectivity index is 3.20. The van der Waals surface area contributed by atoms with Gasteiger partial charge < -0.3 is 24.1 Å². The van der Waals surface area contributed by atoms with Gasteiger partial charge in [0.15, 0.2) is 17.8 Å². The quantitative estimate of drug-likeness (QED) is 0.593. The molecule has 0 bridgehead atoms. The summed E-state index contributed by atoms with van der Waals surface area (Å²) in [6.07, 6.45) is -0.736. The van der Waals surface area contributed by atoms with Crippen molar-refractivity contribution in [3.63, 3.8) is 0 Å². The van der Waals surface area contributed by atoms with Gasteiger partial charge in [0.2, 0.25) is 0 Å². The van der Waals surface area contributed by atoms with Gasteiger partial charge >= 0.3 is 5.97 Å². The molecule has 1 aromatic carbocycles. The van der Waals surface area contributed by atoms with Crippen LogP contribution in [-0.4, -0.2) is 44.3 Å². The summed E-state index contributed by atoms with van der Waals surface area (Å²) < 4.78 is 22.6. The second kappa shape index (κ2) is 10.4. The van der Waals surface area contributed by atoms with E-state index in [2.05, 4.69) is 20.8 Å². The largest absolute Gasteiger partial charge is 0.493 e. The lowest BCUT2D eigenvalue weighted by atomic mass is 9.94. The Morgan fingerprint density at radius 3 is 2.19 bits per heavy atom. The van der Waals surface area contributed by atoms with Gasteiger partial charge in [-0.05, 0) is 37.0 Å². The summed E-state index contributed by atoms with van der Waals surface area (Å²) in [5, 5.41) is 9.34. The highest BCUT2D eigenvalue weighted by Gasteiger charge is 2.28. The molecule has 6 heteroatoms. The minimum absolute atomic E-state index is 0.0132. The number of hydrogen-bond acceptors (Lipinski definition) is 5. The summed E-state index contributed by atoms with van der Waals surface area (Å²) in [6.45, 7) is 11.3. The molecule has 0 saturated heterocycles. The van der Waals surface area contributed by atoms with Gasteiger partial charge in [-0.15, -0.1) is 0 Å². The molecule has 1 unspecified atom stereocenters. The van der Waals surface area contributed by atoms with Gasteiger partial charge in [-0.2, -0.15) is 0 Å². The lowest BCUT2D eigenvalue weighted by Crippen LogP contribution is -2.28. The highest BCUT2D eigenvalue weighted by Crippen LogP contribution is 2.35. The fourth-order valence-corrected chi connectivity index (χ4v) is 2.50. The number of carbonyl (C=O) groups is 1. The molecule has 148 valence electrons. The molecular weight excluding hydrogens is 336 g/mol. The number of benzene rings is 1. The van der Waals surface area contributed by atoms with Crippen LogP contribution in [0.2, 0.25) is 0 Å². The van der Waals surface area contributed by atoms with Crippen molar-refractivity contribution in [2.75, 3.05) is 26.9 Å². The second-order valence-corrected chi connectivity index (χ2v) is 7.24. The summed E-state index contributed by atoms with van der Waals surface area (Å²) in [4.78, 5) is 11.4. The summed E-state index contributed by atoms with van der Waals surface area (Å²) in [7, 11) is 1.58. The van der Waals surface area contributed by atoms with E-state index in [1.165, 1.54) is 0 Å². The molecule has 0 aliphatic heterocycles. The predicted octanol–water partition coefficient (Wildman–Crippen LogP) is 4.08. The van der Waals surface area contributed by atoms with Gasteiger partial charge in [-0.1, -0.05) is 26.8 Å². The van der Waals surface area contributed by atoms with Gasteiger partial charge in [0.1, 0.15) is 0 Å². The lowest BCUT2D eigenvalue weighted by molar-refractivity contribution is -0.160. The monoisotopic (exact) mass is 368 g/mol. The fourth-order valence-electron chi connectivity index (χ4n) is 2.50. The van der Waals surface area contributed by atoms with Crippen LogP contribution in [0.5, 0.6) is 11.5 Å². The smallest absolute Gasteiger partial charge is 0.304 e. The molecule has 0 heterocycles. The van der Waals surface area contributed by atoms with Crippen LogP contribution in [0.15, 0.2) is 18.2 Å². The maximum atomic E-state index is 11.4. The molecule has 0 saturated carbocycles. The molecule has 0 aliphatic rings. The number of ether oxygens (including phenoxy) is 4. The molecule has 6 nitrogen and oxygen atoms in total. The van der Waals surface area contributed by atoms with E-state index in [0.717, 1.165) is 5.56 Å². The third-order valence-corrected chi connectivity index (χ3v) is 3.66. The maximum Gasteiger partial charge on any atom is 0.304 e.